The van der Waals surface area contributed by atoms with Gasteiger partial charge in [0, 0.05) is 6.54 Å². The Labute approximate surface area is 139 Å². The number of rotatable bonds is 11. The van der Waals surface area contributed by atoms with Crippen LogP contribution < -0.4 is 5.32 Å². The highest BCUT2D eigenvalue weighted by Crippen LogP contribution is 2.53. The number of alkyl halides is 9. The fraction of sp³-hybridized carbons (Fsp3) is 0.929. The van der Waals surface area contributed by atoms with E-state index in [0.717, 1.165) is 25.7 Å². The minimum absolute atomic E-state index is 0.106. The van der Waals surface area contributed by atoms with E-state index in [2.05, 4.69) is 0 Å². The maximum Gasteiger partial charge on any atom is 0.460 e. The van der Waals surface area contributed by atoms with Crippen LogP contribution in [0, 0.1) is 0 Å². The van der Waals surface area contributed by atoms with E-state index in [1.165, 1.54) is 5.32 Å². The van der Waals surface area contributed by atoms with E-state index in [1.54, 1.807) is 0 Å². The molecule has 0 aliphatic rings. The molecule has 25 heavy (non-hydrogen) atoms. The van der Waals surface area contributed by atoms with E-state index < -0.39 is 36.4 Å². The Balaban J connectivity index is 4.59. The monoisotopic (exact) mass is 389 g/mol. The number of nitrogens with one attached hydrogen (secondary N) is 1. The molecule has 1 amide bonds. The zero-order valence-corrected chi connectivity index (χ0v) is 13.5. The van der Waals surface area contributed by atoms with E-state index >= 15 is 0 Å². The standard InChI is InChI=1S/C14H20F9NO/c1-2-3-4-5-6-7-8-9-24-10(25)11(15,16)12(17,18)13(19,20)14(21,22)23/h2-9H2,1H3,(H,24,25). The summed E-state index contributed by atoms with van der Waals surface area (Å²) in [5.74, 6) is -23.1. The Kier molecular flexibility index (Phi) is 8.56. The molecule has 150 valence electrons. The van der Waals surface area contributed by atoms with Crippen LogP contribution in [0.2, 0.25) is 0 Å². The molecule has 0 aromatic carbocycles. The summed E-state index contributed by atoms with van der Waals surface area (Å²) < 4.78 is 113. The summed E-state index contributed by atoms with van der Waals surface area (Å²) in [4.78, 5) is 11.0. The van der Waals surface area contributed by atoms with Crippen LogP contribution in [0.15, 0.2) is 0 Å². The van der Waals surface area contributed by atoms with E-state index in [-0.39, 0.29) is 6.42 Å². The fourth-order valence-corrected chi connectivity index (χ4v) is 1.91. The van der Waals surface area contributed by atoms with Gasteiger partial charge in [-0.3, -0.25) is 4.79 Å². The van der Waals surface area contributed by atoms with E-state index in [0.29, 0.717) is 12.8 Å². The number of carbonyl (C=O) groups is 1. The molecule has 2 nitrogen and oxygen atoms in total. The Morgan fingerprint density at radius 3 is 1.60 bits per heavy atom. The number of amides is 1. The second kappa shape index (κ2) is 8.98. The van der Waals surface area contributed by atoms with Crippen LogP contribution in [-0.2, 0) is 4.79 Å². The molecule has 0 aromatic rings. The van der Waals surface area contributed by atoms with Gasteiger partial charge >= 0.3 is 23.9 Å². The topological polar surface area (TPSA) is 29.1 Å². The van der Waals surface area contributed by atoms with E-state index in [9.17, 15) is 44.3 Å². The molecule has 0 unspecified atom stereocenters. The summed E-state index contributed by atoms with van der Waals surface area (Å²) in [6.07, 6.45) is -1.88. The minimum Gasteiger partial charge on any atom is -0.351 e. The number of carbonyl (C=O) groups excluding carboxylic acids is 1. The van der Waals surface area contributed by atoms with Crippen LogP contribution in [-0.4, -0.2) is 36.4 Å². The fourth-order valence-electron chi connectivity index (χ4n) is 1.91. The third-order valence-electron chi connectivity index (χ3n) is 3.50. The molecule has 0 saturated carbocycles. The smallest absolute Gasteiger partial charge is 0.351 e. The van der Waals surface area contributed by atoms with Crippen molar-refractivity contribution in [3.8, 4) is 0 Å². The van der Waals surface area contributed by atoms with Crippen LogP contribution in [0.1, 0.15) is 51.9 Å². The van der Waals surface area contributed by atoms with Crippen molar-refractivity contribution in [2.24, 2.45) is 0 Å². The average molecular weight is 389 g/mol. The first-order valence-corrected chi connectivity index (χ1v) is 7.72. The lowest BCUT2D eigenvalue weighted by molar-refractivity contribution is -0.388. The molecule has 0 heterocycles. The number of hydrogen-bond donors (Lipinski definition) is 1. The summed E-state index contributed by atoms with van der Waals surface area (Å²) in [6, 6.07) is 0. The molecule has 0 saturated heterocycles. The summed E-state index contributed by atoms with van der Waals surface area (Å²) in [6.45, 7) is 1.46. The van der Waals surface area contributed by atoms with Crippen LogP contribution >= 0.6 is 0 Å². The van der Waals surface area contributed by atoms with E-state index in [1.807, 2.05) is 6.92 Å². The number of halogens is 9. The first-order valence-electron chi connectivity index (χ1n) is 7.72. The summed E-state index contributed by atoms with van der Waals surface area (Å²) in [5, 5.41) is 1.29. The SMILES string of the molecule is CCCCCCCCCNC(=O)C(F)(F)C(F)(F)C(F)(F)C(F)(F)F. The van der Waals surface area contributed by atoms with Gasteiger partial charge in [-0.2, -0.15) is 39.5 Å². The maximum atomic E-state index is 13.2. The lowest BCUT2D eigenvalue weighted by Gasteiger charge is -2.32. The van der Waals surface area contributed by atoms with Crippen molar-refractivity contribution in [3.63, 3.8) is 0 Å². The van der Waals surface area contributed by atoms with Gasteiger partial charge in [-0.15, -0.1) is 0 Å². The highest BCUT2D eigenvalue weighted by atomic mass is 19.4. The van der Waals surface area contributed by atoms with Gasteiger partial charge in [-0.05, 0) is 6.42 Å². The zero-order valence-electron chi connectivity index (χ0n) is 13.5. The Bertz CT molecular complexity index is 421. The molecule has 0 aliphatic carbocycles. The van der Waals surface area contributed by atoms with Crippen molar-refractivity contribution in [1.82, 2.24) is 5.32 Å². The van der Waals surface area contributed by atoms with Gasteiger partial charge in [0.05, 0.1) is 0 Å². The first-order chi connectivity index (χ1) is 11.2. The van der Waals surface area contributed by atoms with Crippen LogP contribution in [0.3, 0.4) is 0 Å². The molecule has 1 N–H and O–H groups in total. The Morgan fingerprint density at radius 2 is 1.16 bits per heavy atom. The average Bonchev–Trinajstić information content (AvgIpc) is 2.48. The van der Waals surface area contributed by atoms with Crippen molar-refractivity contribution in [2.45, 2.75) is 75.8 Å². The van der Waals surface area contributed by atoms with Gasteiger partial charge < -0.3 is 5.32 Å². The van der Waals surface area contributed by atoms with Gasteiger partial charge in [0.2, 0.25) is 0 Å². The van der Waals surface area contributed by atoms with Crippen molar-refractivity contribution in [1.29, 1.82) is 0 Å². The lowest BCUT2D eigenvalue weighted by atomic mass is 10.0. The Hall–Kier alpha value is -1.16. The highest BCUT2D eigenvalue weighted by Gasteiger charge is 2.83. The summed E-state index contributed by atoms with van der Waals surface area (Å²) >= 11 is 0. The minimum atomic E-state index is -7.06. The number of unbranched alkanes of at least 4 members (excludes halogenated alkanes) is 6. The second-order valence-electron chi connectivity index (χ2n) is 5.60. The Morgan fingerprint density at radius 1 is 0.720 bits per heavy atom. The van der Waals surface area contributed by atoms with Gasteiger partial charge in [0.25, 0.3) is 5.91 Å². The predicted octanol–water partition coefficient (Wildman–Crippen LogP) is 5.32. The van der Waals surface area contributed by atoms with E-state index in [4.69, 9.17) is 0 Å². The molecule has 0 radical (unpaired) electrons. The molecule has 0 aromatic heterocycles. The molecule has 0 atom stereocenters. The molecular formula is C14H20F9NO. The summed E-state index contributed by atoms with van der Waals surface area (Å²) in [7, 11) is 0. The van der Waals surface area contributed by atoms with Crippen molar-refractivity contribution >= 4 is 5.91 Å². The maximum absolute atomic E-state index is 13.2. The number of hydrogen-bond acceptors (Lipinski definition) is 1. The molecule has 0 rings (SSSR count). The van der Waals surface area contributed by atoms with Gasteiger partial charge in [-0.1, -0.05) is 45.4 Å². The molecule has 0 fully saturated rings. The highest BCUT2D eigenvalue weighted by molar-refractivity contribution is 5.84. The molecule has 11 heteroatoms. The van der Waals surface area contributed by atoms with Gasteiger partial charge in [0.15, 0.2) is 0 Å². The van der Waals surface area contributed by atoms with Crippen LogP contribution in [0.25, 0.3) is 0 Å². The third-order valence-corrected chi connectivity index (χ3v) is 3.50. The van der Waals surface area contributed by atoms with Gasteiger partial charge in [-0.25, -0.2) is 0 Å². The zero-order chi connectivity index (χ0) is 19.9. The third kappa shape index (κ3) is 5.67. The normalized spacial score (nSPS) is 13.8. The summed E-state index contributed by atoms with van der Waals surface area (Å²) in [5.41, 5.74) is 0. The molecule has 0 aliphatic heterocycles. The quantitative estimate of drug-likeness (QED) is 0.376. The lowest BCUT2D eigenvalue weighted by Crippen LogP contribution is -2.65. The van der Waals surface area contributed by atoms with Crippen molar-refractivity contribution in [2.75, 3.05) is 6.54 Å². The largest absolute Gasteiger partial charge is 0.460 e. The first kappa shape index (κ1) is 23.8. The van der Waals surface area contributed by atoms with Crippen LogP contribution in [0.5, 0.6) is 0 Å². The second-order valence-corrected chi connectivity index (χ2v) is 5.60. The molecule has 0 bridgehead atoms. The van der Waals surface area contributed by atoms with Gasteiger partial charge in [0.1, 0.15) is 0 Å². The predicted molar refractivity (Wildman–Crippen MR) is 71.9 cm³/mol. The van der Waals surface area contributed by atoms with Crippen molar-refractivity contribution in [3.05, 3.63) is 0 Å². The van der Waals surface area contributed by atoms with Crippen molar-refractivity contribution < 1.29 is 44.3 Å². The molecular weight excluding hydrogens is 369 g/mol. The van der Waals surface area contributed by atoms with Crippen LogP contribution in [0.4, 0.5) is 39.5 Å². The molecule has 0 spiro atoms.